The molecule has 0 atom stereocenters. The molecule has 1 fully saturated rings. The lowest BCUT2D eigenvalue weighted by Crippen LogP contribution is -2.27. The van der Waals surface area contributed by atoms with Crippen LogP contribution in [-0.4, -0.2) is 20.1 Å². The van der Waals surface area contributed by atoms with Gasteiger partial charge in [0.25, 0.3) is 0 Å². The summed E-state index contributed by atoms with van der Waals surface area (Å²) in [5, 5.41) is 3.00. The van der Waals surface area contributed by atoms with Crippen LogP contribution in [0.2, 0.25) is 0 Å². The minimum atomic E-state index is 0.122. The Kier molecular flexibility index (Phi) is 5.48. The zero-order chi connectivity index (χ0) is 15.2. The van der Waals surface area contributed by atoms with Gasteiger partial charge in [-0.05, 0) is 43.7 Å². The van der Waals surface area contributed by atoms with E-state index in [2.05, 4.69) is 12.2 Å². The highest BCUT2D eigenvalue weighted by atomic mass is 16.5. The van der Waals surface area contributed by atoms with Gasteiger partial charge < -0.3 is 14.8 Å². The van der Waals surface area contributed by atoms with Gasteiger partial charge in [-0.2, -0.15) is 0 Å². The van der Waals surface area contributed by atoms with Crippen LogP contribution in [0.25, 0.3) is 0 Å². The molecule has 0 aromatic heterocycles. The highest BCUT2D eigenvalue weighted by Gasteiger charge is 2.25. The number of carbonyl (C=O) groups is 1. The summed E-state index contributed by atoms with van der Waals surface area (Å²) in [5.74, 6) is 2.36. The standard InChI is InChI=1S/C17H25NO3/c1-4-12-5-7-13(8-6-12)17(19)18-14-9-10-15(20-2)16(11-14)21-3/h9-13H,4-8H2,1-3H3,(H,18,19). The zero-order valence-electron chi connectivity index (χ0n) is 13.1. The quantitative estimate of drug-likeness (QED) is 0.896. The van der Waals surface area contributed by atoms with E-state index in [0.29, 0.717) is 11.5 Å². The van der Waals surface area contributed by atoms with Gasteiger partial charge in [0.05, 0.1) is 14.2 Å². The monoisotopic (exact) mass is 291 g/mol. The fourth-order valence-electron chi connectivity index (χ4n) is 2.99. The number of carbonyl (C=O) groups excluding carboxylic acids is 1. The first-order valence-corrected chi connectivity index (χ1v) is 7.70. The topological polar surface area (TPSA) is 47.6 Å². The van der Waals surface area contributed by atoms with Crippen molar-refractivity contribution in [2.75, 3.05) is 19.5 Å². The number of anilines is 1. The van der Waals surface area contributed by atoms with Gasteiger partial charge in [-0.3, -0.25) is 4.79 Å². The number of ether oxygens (including phenoxy) is 2. The smallest absolute Gasteiger partial charge is 0.227 e. The molecule has 4 heteroatoms. The number of benzene rings is 1. The van der Waals surface area contributed by atoms with E-state index in [4.69, 9.17) is 9.47 Å². The maximum absolute atomic E-state index is 12.3. The minimum absolute atomic E-state index is 0.122. The molecule has 1 aromatic carbocycles. The molecular weight excluding hydrogens is 266 g/mol. The lowest BCUT2D eigenvalue weighted by Gasteiger charge is -2.27. The number of methoxy groups -OCH3 is 2. The summed E-state index contributed by atoms with van der Waals surface area (Å²) in [6.07, 6.45) is 5.56. The zero-order valence-corrected chi connectivity index (χ0v) is 13.1. The maximum Gasteiger partial charge on any atom is 0.227 e. The highest BCUT2D eigenvalue weighted by molar-refractivity contribution is 5.92. The van der Waals surface area contributed by atoms with Crippen molar-refractivity contribution in [3.8, 4) is 11.5 Å². The molecule has 0 radical (unpaired) electrons. The molecule has 1 saturated carbocycles. The van der Waals surface area contributed by atoms with Crippen molar-refractivity contribution in [3.63, 3.8) is 0 Å². The molecule has 0 bridgehead atoms. The van der Waals surface area contributed by atoms with Gasteiger partial charge in [0.1, 0.15) is 0 Å². The molecule has 0 heterocycles. The Bertz CT molecular complexity index is 479. The Morgan fingerprint density at radius 3 is 2.38 bits per heavy atom. The number of amides is 1. The van der Waals surface area contributed by atoms with Crippen molar-refractivity contribution in [1.82, 2.24) is 0 Å². The number of rotatable bonds is 5. The van der Waals surface area contributed by atoms with Crippen LogP contribution in [0.3, 0.4) is 0 Å². The molecule has 1 aromatic rings. The molecule has 0 aliphatic heterocycles. The molecule has 1 N–H and O–H groups in total. The number of nitrogens with one attached hydrogen (secondary N) is 1. The number of hydrogen-bond acceptors (Lipinski definition) is 3. The lowest BCUT2D eigenvalue weighted by atomic mass is 9.80. The van der Waals surface area contributed by atoms with Crippen molar-refractivity contribution < 1.29 is 14.3 Å². The Labute approximate surface area is 126 Å². The van der Waals surface area contributed by atoms with Gasteiger partial charge in [0, 0.05) is 17.7 Å². The van der Waals surface area contributed by atoms with E-state index in [-0.39, 0.29) is 11.8 Å². The third kappa shape index (κ3) is 3.90. The van der Waals surface area contributed by atoms with Gasteiger partial charge in [-0.1, -0.05) is 13.3 Å². The molecule has 1 aliphatic rings. The van der Waals surface area contributed by atoms with E-state index in [9.17, 15) is 4.79 Å². The molecule has 1 amide bonds. The predicted octanol–water partition coefficient (Wildman–Crippen LogP) is 3.86. The molecular formula is C17H25NO3. The fourth-order valence-corrected chi connectivity index (χ4v) is 2.99. The maximum atomic E-state index is 12.3. The predicted molar refractivity (Wildman–Crippen MR) is 83.9 cm³/mol. The van der Waals surface area contributed by atoms with Crippen LogP contribution >= 0.6 is 0 Å². The Morgan fingerprint density at radius 2 is 1.81 bits per heavy atom. The van der Waals surface area contributed by atoms with Crippen molar-refractivity contribution in [2.24, 2.45) is 11.8 Å². The Balaban J connectivity index is 1.96. The second-order valence-electron chi connectivity index (χ2n) is 5.68. The fraction of sp³-hybridized carbons (Fsp3) is 0.588. The van der Waals surface area contributed by atoms with E-state index in [0.717, 1.165) is 24.4 Å². The summed E-state index contributed by atoms with van der Waals surface area (Å²) in [4.78, 5) is 12.3. The van der Waals surface area contributed by atoms with Crippen molar-refractivity contribution >= 4 is 11.6 Å². The molecule has 21 heavy (non-hydrogen) atoms. The van der Waals surface area contributed by atoms with Crippen LogP contribution in [0.4, 0.5) is 5.69 Å². The average molecular weight is 291 g/mol. The van der Waals surface area contributed by atoms with Crippen molar-refractivity contribution in [1.29, 1.82) is 0 Å². The number of hydrogen-bond donors (Lipinski definition) is 1. The molecule has 4 nitrogen and oxygen atoms in total. The van der Waals surface area contributed by atoms with Crippen molar-refractivity contribution in [2.45, 2.75) is 39.0 Å². The van der Waals surface area contributed by atoms with Gasteiger partial charge in [0.2, 0.25) is 5.91 Å². The first-order valence-electron chi connectivity index (χ1n) is 7.70. The van der Waals surface area contributed by atoms with Crippen molar-refractivity contribution in [3.05, 3.63) is 18.2 Å². The molecule has 0 unspecified atom stereocenters. The van der Waals surface area contributed by atoms with Gasteiger partial charge in [-0.15, -0.1) is 0 Å². The summed E-state index contributed by atoms with van der Waals surface area (Å²) in [5.41, 5.74) is 0.760. The highest BCUT2D eigenvalue weighted by Crippen LogP contribution is 2.33. The first-order chi connectivity index (χ1) is 10.2. The molecule has 2 rings (SSSR count). The normalized spacial score (nSPS) is 21.7. The summed E-state index contributed by atoms with van der Waals surface area (Å²) >= 11 is 0. The Morgan fingerprint density at radius 1 is 1.14 bits per heavy atom. The van der Waals surface area contributed by atoms with E-state index in [1.165, 1.54) is 19.3 Å². The third-order valence-corrected chi connectivity index (χ3v) is 4.45. The third-order valence-electron chi connectivity index (χ3n) is 4.45. The van der Waals surface area contributed by atoms with Gasteiger partial charge in [0.15, 0.2) is 11.5 Å². The van der Waals surface area contributed by atoms with Crippen LogP contribution in [0, 0.1) is 11.8 Å². The van der Waals surface area contributed by atoms with Gasteiger partial charge >= 0.3 is 0 Å². The average Bonchev–Trinajstić information content (AvgIpc) is 2.54. The van der Waals surface area contributed by atoms with Crippen LogP contribution in [0.5, 0.6) is 11.5 Å². The first kappa shape index (κ1) is 15.7. The minimum Gasteiger partial charge on any atom is -0.493 e. The molecule has 0 spiro atoms. The summed E-state index contributed by atoms with van der Waals surface area (Å²) < 4.78 is 10.5. The molecule has 1 aliphatic carbocycles. The lowest BCUT2D eigenvalue weighted by molar-refractivity contribution is -0.121. The summed E-state index contributed by atoms with van der Waals surface area (Å²) in [7, 11) is 3.19. The van der Waals surface area contributed by atoms with Crippen LogP contribution < -0.4 is 14.8 Å². The second kappa shape index (κ2) is 7.34. The molecule has 116 valence electrons. The Hall–Kier alpha value is -1.71. The SMILES string of the molecule is CCC1CCC(C(=O)Nc2ccc(OC)c(OC)c2)CC1. The molecule has 0 saturated heterocycles. The van der Waals surface area contributed by atoms with E-state index in [1.54, 1.807) is 20.3 Å². The van der Waals surface area contributed by atoms with E-state index < -0.39 is 0 Å². The largest absolute Gasteiger partial charge is 0.493 e. The summed E-state index contributed by atoms with van der Waals surface area (Å²) in [6.45, 7) is 2.23. The van der Waals surface area contributed by atoms with Gasteiger partial charge in [-0.25, -0.2) is 0 Å². The van der Waals surface area contributed by atoms with E-state index >= 15 is 0 Å². The van der Waals surface area contributed by atoms with E-state index in [1.807, 2.05) is 12.1 Å². The van der Waals surface area contributed by atoms with Crippen LogP contribution in [0.15, 0.2) is 18.2 Å². The van der Waals surface area contributed by atoms with Crippen LogP contribution in [-0.2, 0) is 4.79 Å². The second-order valence-corrected chi connectivity index (χ2v) is 5.68. The summed E-state index contributed by atoms with van der Waals surface area (Å²) in [6, 6.07) is 5.45. The van der Waals surface area contributed by atoms with Crippen LogP contribution in [0.1, 0.15) is 39.0 Å².